The number of aromatic nitrogens is 2. The molecule has 1 atom stereocenters. The molecule has 0 saturated heterocycles. The average molecular weight is 411 g/mol. The summed E-state index contributed by atoms with van der Waals surface area (Å²) in [5.74, 6) is 1.15. The Morgan fingerprint density at radius 1 is 1.38 bits per heavy atom. The van der Waals surface area contributed by atoms with Gasteiger partial charge in [0.25, 0.3) is 0 Å². The average Bonchev–Trinajstić information content (AvgIpc) is 3.07. The van der Waals surface area contributed by atoms with E-state index < -0.39 is 0 Å². The van der Waals surface area contributed by atoms with Crippen LogP contribution >= 0.6 is 33.9 Å². The van der Waals surface area contributed by atoms with Crippen molar-refractivity contribution in [1.82, 2.24) is 14.9 Å². The molecule has 3 rings (SSSR count). The van der Waals surface area contributed by atoms with E-state index in [2.05, 4.69) is 75.1 Å². The summed E-state index contributed by atoms with van der Waals surface area (Å²) < 4.78 is 3.64. The summed E-state index contributed by atoms with van der Waals surface area (Å²) in [6.45, 7) is 3.13. The van der Waals surface area contributed by atoms with E-state index in [4.69, 9.17) is 4.98 Å². The molecular formula is C16H18IN3S. The summed E-state index contributed by atoms with van der Waals surface area (Å²) in [6, 6.07) is 10.9. The molecule has 0 aliphatic rings. The van der Waals surface area contributed by atoms with Crippen LogP contribution in [0.5, 0.6) is 0 Å². The standard InChI is InChI=1S/C16H18IN3S/c1-3-20-14-7-5-4-6-12(14)19-16(20)9-13(18-2)11-8-15(17)21-10-11/h4-8,10,13,18H,3,9H2,1-2H3. The lowest BCUT2D eigenvalue weighted by Crippen LogP contribution is -2.20. The van der Waals surface area contributed by atoms with Crippen LogP contribution in [-0.4, -0.2) is 16.6 Å². The van der Waals surface area contributed by atoms with Gasteiger partial charge in [-0.3, -0.25) is 0 Å². The second-order valence-electron chi connectivity index (χ2n) is 4.99. The molecule has 110 valence electrons. The molecule has 0 aliphatic heterocycles. The van der Waals surface area contributed by atoms with Crippen molar-refractivity contribution >= 4 is 45.0 Å². The minimum absolute atomic E-state index is 0.312. The summed E-state index contributed by atoms with van der Waals surface area (Å²) in [7, 11) is 2.02. The quantitative estimate of drug-likeness (QED) is 0.637. The summed E-state index contributed by atoms with van der Waals surface area (Å²) in [4.78, 5) is 4.83. The lowest BCUT2D eigenvalue weighted by atomic mass is 10.1. The maximum absolute atomic E-state index is 4.83. The normalized spacial score (nSPS) is 12.9. The summed E-state index contributed by atoms with van der Waals surface area (Å²) in [5.41, 5.74) is 3.66. The van der Waals surface area contributed by atoms with Crippen LogP contribution in [0, 0.1) is 2.88 Å². The second kappa shape index (κ2) is 6.46. The highest BCUT2D eigenvalue weighted by molar-refractivity contribution is 14.1. The lowest BCUT2D eigenvalue weighted by Gasteiger charge is -2.15. The minimum Gasteiger partial charge on any atom is -0.328 e. The molecule has 5 heteroatoms. The van der Waals surface area contributed by atoms with Gasteiger partial charge in [-0.25, -0.2) is 4.98 Å². The number of rotatable bonds is 5. The van der Waals surface area contributed by atoms with Crippen molar-refractivity contribution in [2.24, 2.45) is 0 Å². The predicted octanol–water partition coefficient (Wildman–Crippen LogP) is 4.23. The van der Waals surface area contributed by atoms with Crippen LogP contribution in [0.25, 0.3) is 11.0 Å². The van der Waals surface area contributed by atoms with Crippen molar-refractivity contribution in [3.63, 3.8) is 0 Å². The topological polar surface area (TPSA) is 29.9 Å². The number of benzene rings is 1. The van der Waals surface area contributed by atoms with E-state index >= 15 is 0 Å². The maximum atomic E-state index is 4.83. The molecule has 3 aromatic rings. The van der Waals surface area contributed by atoms with Gasteiger partial charge < -0.3 is 9.88 Å². The first kappa shape index (κ1) is 15.0. The van der Waals surface area contributed by atoms with E-state index in [-0.39, 0.29) is 0 Å². The summed E-state index contributed by atoms with van der Waals surface area (Å²) >= 11 is 4.17. The summed E-state index contributed by atoms with van der Waals surface area (Å²) in [5, 5.41) is 5.66. The van der Waals surface area contributed by atoms with E-state index in [9.17, 15) is 0 Å². The summed E-state index contributed by atoms with van der Waals surface area (Å²) in [6.07, 6.45) is 0.909. The predicted molar refractivity (Wildman–Crippen MR) is 97.9 cm³/mol. The van der Waals surface area contributed by atoms with Crippen molar-refractivity contribution in [3.8, 4) is 0 Å². The molecule has 0 radical (unpaired) electrons. The first-order valence-electron chi connectivity index (χ1n) is 7.08. The molecule has 0 aliphatic carbocycles. The highest BCUT2D eigenvalue weighted by atomic mass is 127. The first-order chi connectivity index (χ1) is 10.2. The van der Waals surface area contributed by atoms with E-state index in [0.29, 0.717) is 6.04 Å². The molecule has 2 aromatic heterocycles. The van der Waals surface area contributed by atoms with Crippen molar-refractivity contribution in [2.45, 2.75) is 25.9 Å². The van der Waals surface area contributed by atoms with Gasteiger partial charge in [0.05, 0.1) is 13.9 Å². The number of para-hydroxylation sites is 2. The molecule has 0 amide bonds. The van der Waals surface area contributed by atoms with E-state index in [1.165, 1.54) is 14.0 Å². The molecule has 0 saturated carbocycles. The van der Waals surface area contributed by atoms with Crippen LogP contribution in [0.3, 0.4) is 0 Å². The number of imidazole rings is 1. The number of aryl methyl sites for hydroxylation is 1. The number of thiophene rings is 1. The van der Waals surface area contributed by atoms with Crippen LogP contribution in [0.2, 0.25) is 0 Å². The lowest BCUT2D eigenvalue weighted by molar-refractivity contribution is 0.558. The van der Waals surface area contributed by atoms with Crippen molar-refractivity contribution < 1.29 is 0 Å². The van der Waals surface area contributed by atoms with Gasteiger partial charge in [-0.05, 0) is 65.7 Å². The molecular weight excluding hydrogens is 393 g/mol. The van der Waals surface area contributed by atoms with Crippen LogP contribution in [-0.2, 0) is 13.0 Å². The molecule has 3 nitrogen and oxygen atoms in total. The van der Waals surface area contributed by atoms with Gasteiger partial charge in [-0.2, -0.15) is 0 Å². The molecule has 1 N–H and O–H groups in total. The number of fused-ring (bicyclic) bond motifs is 1. The van der Waals surface area contributed by atoms with Crippen molar-refractivity contribution in [2.75, 3.05) is 7.05 Å². The SMILES string of the molecule is CCn1c(CC(NC)c2csc(I)c2)nc2ccccc21. The molecule has 1 aromatic carbocycles. The smallest absolute Gasteiger partial charge is 0.111 e. The third-order valence-electron chi connectivity index (χ3n) is 3.78. The fourth-order valence-corrected chi connectivity index (χ4v) is 4.14. The largest absolute Gasteiger partial charge is 0.328 e. The third kappa shape index (κ3) is 3.00. The number of nitrogens with zero attached hydrogens (tertiary/aromatic N) is 2. The molecule has 21 heavy (non-hydrogen) atoms. The number of halogens is 1. The zero-order valence-electron chi connectivity index (χ0n) is 12.1. The molecule has 0 spiro atoms. The number of hydrogen-bond donors (Lipinski definition) is 1. The van der Waals surface area contributed by atoms with Crippen LogP contribution in [0.4, 0.5) is 0 Å². The van der Waals surface area contributed by atoms with Crippen molar-refractivity contribution in [1.29, 1.82) is 0 Å². The Morgan fingerprint density at radius 2 is 2.19 bits per heavy atom. The van der Waals surface area contributed by atoms with E-state index in [0.717, 1.165) is 24.3 Å². The highest BCUT2D eigenvalue weighted by Gasteiger charge is 2.17. The second-order valence-corrected chi connectivity index (χ2v) is 7.80. The number of hydrogen-bond acceptors (Lipinski definition) is 3. The van der Waals surface area contributed by atoms with Gasteiger partial charge in [0, 0.05) is 19.0 Å². The van der Waals surface area contributed by atoms with Crippen LogP contribution < -0.4 is 5.32 Å². The minimum atomic E-state index is 0.312. The Morgan fingerprint density at radius 3 is 2.86 bits per heavy atom. The first-order valence-corrected chi connectivity index (χ1v) is 9.04. The van der Waals surface area contributed by atoms with Gasteiger partial charge in [0.1, 0.15) is 5.82 Å². The highest BCUT2D eigenvalue weighted by Crippen LogP contribution is 2.26. The van der Waals surface area contributed by atoms with Gasteiger partial charge in [0.15, 0.2) is 0 Å². The Kier molecular flexibility index (Phi) is 4.61. The Labute approximate surface area is 142 Å². The van der Waals surface area contributed by atoms with Crippen LogP contribution in [0.15, 0.2) is 35.7 Å². The Hall–Kier alpha value is -0.920. The molecule has 2 heterocycles. The van der Waals surface area contributed by atoms with Gasteiger partial charge in [-0.15, -0.1) is 11.3 Å². The molecule has 1 unspecified atom stereocenters. The maximum Gasteiger partial charge on any atom is 0.111 e. The Balaban J connectivity index is 1.96. The molecule has 0 bridgehead atoms. The van der Waals surface area contributed by atoms with Gasteiger partial charge in [0.2, 0.25) is 0 Å². The Bertz CT molecular complexity index is 747. The van der Waals surface area contributed by atoms with E-state index in [1.807, 2.05) is 7.05 Å². The van der Waals surface area contributed by atoms with E-state index in [1.54, 1.807) is 11.3 Å². The monoisotopic (exact) mass is 411 g/mol. The van der Waals surface area contributed by atoms with Gasteiger partial charge in [-0.1, -0.05) is 12.1 Å². The number of nitrogens with one attached hydrogen (secondary N) is 1. The zero-order valence-corrected chi connectivity index (χ0v) is 15.1. The number of likely N-dealkylation sites (N-methyl/N-ethyl adjacent to an activating group) is 1. The van der Waals surface area contributed by atoms with Crippen molar-refractivity contribution in [3.05, 3.63) is 50.0 Å². The fraction of sp³-hybridized carbons (Fsp3) is 0.312. The van der Waals surface area contributed by atoms with Crippen LogP contribution in [0.1, 0.15) is 24.4 Å². The molecule has 0 fully saturated rings. The fourth-order valence-electron chi connectivity index (χ4n) is 2.71. The third-order valence-corrected chi connectivity index (χ3v) is 5.58. The zero-order chi connectivity index (χ0) is 14.8. The van der Waals surface area contributed by atoms with Gasteiger partial charge >= 0.3 is 0 Å².